The molecule has 18 heavy (non-hydrogen) atoms. The van der Waals surface area contributed by atoms with Crippen LogP contribution in [0.25, 0.3) is 0 Å². The van der Waals surface area contributed by atoms with Gasteiger partial charge in [-0.1, -0.05) is 12.1 Å². The molecule has 96 valence electrons. The van der Waals surface area contributed by atoms with E-state index in [0.29, 0.717) is 25.2 Å². The Morgan fingerprint density at radius 1 is 1.39 bits per heavy atom. The van der Waals surface area contributed by atoms with E-state index in [4.69, 9.17) is 0 Å². The molecule has 4 nitrogen and oxygen atoms in total. The Morgan fingerprint density at radius 2 is 2.17 bits per heavy atom. The van der Waals surface area contributed by atoms with Crippen LogP contribution in [0.15, 0.2) is 18.2 Å². The Hall–Kier alpha value is -1.91. The summed E-state index contributed by atoms with van der Waals surface area (Å²) in [5.74, 6) is -0.909. The molecule has 0 bridgehead atoms. The molecule has 1 aromatic carbocycles. The van der Waals surface area contributed by atoms with Gasteiger partial charge in [0, 0.05) is 26.1 Å². The fourth-order valence-electron chi connectivity index (χ4n) is 1.95. The van der Waals surface area contributed by atoms with Gasteiger partial charge in [0.15, 0.2) is 0 Å². The number of carbonyl (C=O) groups is 2. The maximum Gasteiger partial charge on any atom is 0.256 e. The maximum atomic E-state index is 13.9. The van der Waals surface area contributed by atoms with E-state index in [-0.39, 0.29) is 23.8 Å². The molecule has 1 N–H and O–H groups in total. The van der Waals surface area contributed by atoms with Crippen molar-refractivity contribution in [2.24, 2.45) is 0 Å². The highest BCUT2D eigenvalue weighted by Gasteiger charge is 2.22. The fourth-order valence-corrected chi connectivity index (χ4v) is 1.95. The normalized spacial score (nSPS) is 16.1. The number of rotatable bonds is 1. The molecule has 1 heterocycles. The van der Waals surface area contributed by atoms with Gasteiger partial charge in [-0.25, -0.2) is 4.39 Å². The third-order valence-electron chi connectivity index (χ3n) is 3.02. The molecule has 0 aliphatic carbocycles. The SMILES string of the molecule is Cc1cccc(C(=O)N2CCNC(=O)CC2)c1F. The van der Waals surface area contributed by atoms with Crippen LogP contribution in [0.5, 0.6) is 0 Å². The fraction of sp³-hybridized carbons (Fsp3) is 0.385. The zero-order chi connectivity index (χ0) is 13.1. The molecule has 0 saturated carbocycles. The summed E-state index contributed by atoms with van der Waals surface area (Å²) >= 11 is 0. The van der Waals surface area contributed by atoms with Gasteiger partial charge in [0.1, 0.15) is 5.82 Å². The van der Waals surface area contributed by atoms with E-state index in [9.17, 15) is 14.0 Å². The van der Waals surface area contributed by atoms with Gasteiger partial charge in [0.05, 0.1) is 5.56 Å². The lowest BCUT2D eigenvalue weighted by Crippen LogP contribution is -2.34. The molecule has 5 heteroatoms. The molecule has 0 radical (unpaired) electrons. The number of benzene rings is 1. The lowest BCUT2D eigenvalue weighted by atomic mass is 10.1. The first-order valence-electron chi connectivity index (χ1n) is 5.90. The maximum absolute atomic E-state index is 13.9. The molecular formula is C13H15FN2O2. The first-order chi connectivity index (χ1) is 8.59. The summed E-state index contributed by atoms with van der Waals surface area (Å²) in [5.41, 5.74) is 0.522. The number of nitrogens with zero attached hydrogens (tertiary/aromatic N) is 1. The predicted octanol–water partition coefficient (Wildman–Crippen LogP) is 1.10. The molecular weight excluding hydrogens is 235 g/mol. The average molecular weight is 250 g/mol. The minimum atomic E-state index is -0.481. The van der Waals surface area contributed by atoms with Crippen LogP contribution in [0, 0.1) is 12.7 Å². The second-order valence-corrected chi connectivity index (χ2v) is 4.33. The number of hydrogen-bond donors (Lipinski definition) is 1. The van der Waals surface area contributed by atoms with E-state index in [0.717, 1.165) is 0 Å². The quantitative estimate of drug-likeness (QED) is 0.811. The summed E-state index contributed by atoms with van der Waals surface area (Å²) in [6, 6.07) is 4.76. The Kier molecular flexibility index (Phi) is 3.60. The smallest absolute Gasteiger partial charge is 0.256 e. The van der Waals surface area contributed by atoms with Crippen molar-refractivity contribution in [3.8, 4) is 0 Å². The molecule has 1 aromatic rings. The number of aryl methyl sites for hydroxylation is 1. The van der Waals surface area contributed by atoms with Crippen LogP contribution in [0.4, 0.5) is 4.39 Å². The van der Waals surface area contributed by atoms with E-state index in [1.165, 1.54) is 11.0 Å². The van der Waals surface area contributed by atoms with Gasteiger partial charge in [-0.15, -0.1) is 0 Å². The Bertz CT molecular complexity index is 488. The number of amides is 2. The van der Waals surface area contributed by atoms with Crippen LogP contribution in [-0.4, -0.2) is 36.3 Å². The van der Waals surface area contributed by atoms with Crippen molar-refractivity contribution >= 4 is 11.8 Å². The first kappa shape index (κ1) is 12.5. The number of hydrogen-bond acceptors (Lipinski definition) is 2. The lowest BCUT2D eigenvalue weighted by molar-refractivity contribution is -0.120. The number of carbonyl (C=O) groups excluding carboxylic acids is 2. The van der Waals surface area contributed by atoms with Gasteiger partial charge in [-0.3, -0.25) is 9.59 Å². The van der Waals surface area contributed by atoms with Crippen LogP contribution in [0.2, 0.25) is 0 Å². The molecule has 0 spiro atoms. The second-order valence-electron chi connectivity index (χ2n) is 4.33. The van der Waals surface area contributed by atoms with Crippen molar-refractivity contribution in [1.82, 2.24) is 10.2 Å². The van der Waals surface area contributed by atoms with Gasteiger partial charge in [0.25, 0.3) is 5.91 Å². The lowest BCUT2D eigenvalue weighted by Gasteiger charge is -2.20. The summed E-state index contributed by atoms with van der Waals surface area (Å²) in [6.45, 7) is 2.79. The molecule has 1 aliphatic heterocycles. The molecule has 1 aliphatic rings. The van der Waals surface area contributed by atoms with Crippen molar-refractivity contribution in [1.29, 1.82) is 0 Å². The first-order valence-corrected chi connectivity index (χ1v) is 5.90. The van der Waals surface area contributed by atoms with Crippen LogP contribution in [0.1, 0.15) is 22.3 Å². The molecule has 2 rings (SSSR count). The highest BCUT2D eigenvalue weighted by atomic mass is 19.1. The topological polar surface area (TPSA) is 49.4 Å². The van der Waals surface area contributed by atoms with E-state index < -0.39 is 5.82 Å². The molecule has 0 aromatic heterocycles. The molecule has 0 unspecified atom stereocenters. The summed E-state index contributed by atoms with van der Waals surface area (Å²) in [4.78, 5) is 24.9. The highest BCUT2D eigenvalue weighted by molar-refractivity contribution is 5.95. The molecule has 2 amide bonds. The van der Waals surface area contributed by atoms with Crippen molar-refractivity contribution in [2.45, 2.75) is 13.3 Å². The molecule has 1 saturated heterocycles. The van der Waals surface area contributed by atoms with Crippen LogP contribution >= 0.6 is 0 Å². The standard InChI is InChI=1S/C13H15FN2O2/c1-9-3-2-4-10(12(9)14)13(18)16-7-5-11(17)15-6-8-16/h2-4H,5-8H2,1H3,(H,15,17). The zero-order valence-electron chi connectivity index (χ0n) is 10.2. The van der Waals surface area contributed by atoms with E-state index in [1.807, 2.05) is 0 Å². The molecule has 0 atom stereocenters. The van der Waals surface area contributed by atoms with Crippen molar-refractivity contribution < 1.29 is 14.0 Å². The zero-order valence-corrected chi connectivity index (χ0v) is 10.2. The average Bonchev–Trinajstić information content (AvgIpc) is 2.57. The largest absolute Gasteiger partial charge is 0.354 e. The number of halogens is 1. The van der Waals surface area contributed by atoms with E-state index in [1.54, 1.807) is 19.1 Å². The van der Waals surface area contributed by atoms with Gasteiger partial charge < -0.3 is 10.2 Å². The van der Waals surface area contributed by atoms with Gasteiger partial charge in [0.2, 0.25) is 5.91 Å². The van der Waals surface area contributed by atoms with Crippen LogP contribution < -0.4 is 5.32 Å². The van der Waals surface area contributed by atoms with Gasteiger partial charge >= 0.3 is 0 Å². The van der Waals surface area contributed by atoms with Gasteiger partial charge in [-0.2, -0.15) is 0 Å². The number of nitrogens with one attached hydrogen (secondary N) is 1. The predicted molar refractivity (Wildman–Crippen MR) is 64.7 cm³/mol. The summed E-state index contributed by atoms with van der Waals surface area (Å²) in [6.07, 6.45) is 0.263. The summed E-state index contributed by atoms with van der Waals surface area (Å²) in [7, 11) is 0. The minimum absolute atomic E-state index is 0.0735. The van der Waals surface area contributed by atoms with Crippen molar-refractivity contribution in [3.05, 3.63) is 35.1 Å². The van der Waals surface area contributed by atoms with Crippen molar-refractivity contribution in [2.75, 3.05) is 19.6 Å². The molecule has 1 fully saturated rings. The summed E-state index contributed by atoms with van der Waals surface area (Å²) in [5, 5.41) is 2.68. The third-order valence-corrected chi connectivity index (χ3v) is 3.02. The summed E-state index contributed by atoms with van der Waals surface area (Å²) < 4.78 is 13.9. The van der Waals surface area contributed by atoms with Gasteiger partial charge in [-0.05, 0) is 18.6 Å². The Morgan fingerprint density at radius 3 is 2.94 bits per heavy atom. The monoisotopic (exact) mass is 250 g/mol. The third kappa shape index (κ3) is 2.50. The second kappa shape index (κ2) is 5.16. The van der Waals surface area contributed by atoms with Crippen LogP contribution in [-0.2, 0) is 4.79 Å². The van der Waals surface area contributed by atoms with E-state index >= 15 is 0 Å². The van der Waals surface area contributed by atoms with Crippen molar-refractivity contribution in [3.63, 3.8) is 0 Å². The minimum Gasteiger partial charge on any atom is -0.354 e. The van der Waals surface area contributed by atoms with Crippen LogP contribution in [0.3, 0.4) is 0 Å². The van der Waals surface area contributed by atoms with E-state index in [2.05, 4.69) is 5.32 Å². The Labute approximate surface area is 105 Å². The highest BCUT2D eigenvalue weighted by Crippen LogP contribution is 2.14. The Balaban J connectivity index is 2.20.